The van der Waals surface area contributed by atoms with Crippen molar-refractivity contribution < 1.29 is 5.11 Å². The molecule has 6 heteroatoms. The summed E-state index contributed by atoms with van der Waals surface area (Å²) in [6, 6.07) is 0. The van der Waals surface area contributed by atoms with E-state index in [1.807, 2.05) is 6.92 Å². The van der Waals surface area contributed by atoms with Gasteiger partial charge in [-0.3, -0.25) is 4.79 Å². The van der Waals surface area contributed by atoms with Crippen LogP contribution in [0.25, 0.3) is 0 Å². The summed E-state index contributed by atoms with van der Waals surface area (Å²) in [7, 11) is 0. The number of hydrogen-bond donors (Lipinski definition) is 2. The topological polar surface area (TPSA) is 67.2 Å². The van der Waals surface area contributed by atoms with Crippen LogP contribution in [0.4, 0.5) is 5.69 Å². The summed E-state index contributed by atoms with van der Waals surface area (Å²) in [6.45, 7) is 4.93. The lowest BCUT2D eigenvalue weighted by molar-refractivity contribution is 0.00229. The summed E-state index contributed by atoms with van der Waals surface area (Å²) in [5, 5.41) is 17.9. The molecule has 0 unspecified atom stereocenters. The van der Waals surface area contributed by atoms with Gasteiger partial charge in [-0.25, -0.2) is 4.68 Å². The maximum atomic E-state index is 11.9. The Labute approximate surface area is 130 Å². The van der Waals surface area contributed by atoms with Gasteiger partial charge in [0.2, 0.25) is 0 Å². The lowest BCUT2D eigenvalue weighted by Gasteiger charge is -2.36. The third-order valence-corrected chi connectivity index (χ3v) is 4.87. The fourth-order valence-corrected chi connectivity index (χ4v) is 3.09. The van der Waals surface area contributed by atoms with Gasteiger partial charge >= 0.3 is 0 Å². The highest BCUT2D eigenvalue weighted by atomic mass is 35.5. The van der Waals surface area contributed by atoms with Gasteiger partial charge in [-0.15, -0.1) is 0 Å². The van der Waals surface area contributed by atoms with Crippen molar-refractivity contribution >= 4 is 17.3 Å². The maximum Gasteiger partial charge on any atom is 0.287 e. The second kappa shape index (κ2) is 6.79. The summed E-state index contributed by atoms with van der Waals surface area (Å²) in [4.78, 5) is 11.9. The van der Waals surface area contributed by atoms with Crippen LogP contribution in [0.15, 0.2) is 11.0 Å². The highest BCUT2D eigenvalue weighted by Crippen LogP contribution is 2.34. The van der Waals surface area contributed by atoms with E-state index in [4.69, 9.17) is 11.6 Å². The molecule has 0 atom stereocenters. The first-order valence-corrected chi connectivity index (χ1v) is 8.08. The molecule has 0 radical (unpaired) electrons. The highest BCUT2D eigenvalue weighted by molar-refractivity contribution is 6.32. The minimum Gasteiger partial charge on any atom is -0.388 e. The van der Waals surface area contributed by atoms with E-state index in [1.165, 1.54) is 11.1 Å². The minimum atomic E-state index is -0.714. The Morgan fingerprint density at radius 3 is 2.71 bits per heavy atom. The first kappa shape index (κ1) is 16.3. The first-order valence-electron chi connectivity index (χ1n) is 7.71. The molecule has 0 saturated heterocycles. The first-order chi connectivity index (χ1) is 9.99. The molecule has 21 heavy (non-hydrogen) atoms. The average Bonchev–Trinajstić information content (AvgIpc) is 2.50. The molecule has 118 valence electrons. The molecule has 5 nitrogen and oxygen atoms in total. The summed E-state index contributed by atoms with van der Waals surface area (Å²) in [5.74, 6) is 0.726. The fraction of sp³-hybridized carbons (Fsp3) is 0.733. The van der Waals surface area contributed by atoms with Crippen LogP contribution in [0.1, 0.15) is 46.0 Å². The molecule has 1 aliphatic carbocycles. The van der Waals surface area contributed by atoms with E-state index in [-0.39, 0.29) is 10.6 Å². The number of aryl methyl sites for hydroxylation is 1. The van der Waals surface area contributed by atoms with Crippen molar-refractivity contribution in [2.45, 2.75) is 58.1 Å². The predicted octanol–water partition coefficient (Wildman–Crippen LogP) is 2.66. The zero-order chi connectivity index (χ0) is 15.5. The van der Waals surface area contributed by atoms with Crippen LogP contribution in [0, 0.1) is 5.92 Å². The number of halogens is 1. The Bertz CT molecular complexity index is 536. The van der Waals surface area contributed by atoms with Crippen molar-refractivity contribution in [3.8, 4) is 0 Å². The molecular weight excluding hydrogens is 290 g/mol. The van der Waals surface area contributed by atoms with Gasteiger partial charge in [0.05, 0.1) is 17.5 Å². The number of anilines is 1. The van der Waals surface area contributed by atoms with E-state index in [0.717, 1.165) is 31.6 Å². The molecule has 0 bridgehead atoms. The highest BCUT2D eigenvalue weighted by Gasteiger charge is 2.32. The Morgan fingerprint density at radius 1 is 1.48 bits per heavy atom. The van der Waals surface area contributed by atoms with Crippen LogP contribution in [-0.2, 0) is 6.54 Å². The van der Waals surface area contributed by atoms with E-state index >= 15 is 0 Å². The standard InChI is InChI=1S/C15H24ClN3O2/c1-3-11-5-7-15(21,8-6-11)10-17-12-9-18-19(4-2)14(20)13(12)16/h9,11,17,21H,3-8,10H2,1-2H3. The third kappa shape index (κ3) is 3.77. The molecule has 1 aromatic rings. The average molecular weight is 314 g/mol. The predicted molar refractivity (Wildman–Crippen MR) is 84.9 cm³/mol. The van der Waals surface area contributed by atoms with Crippen molar-refractivity contribution in [1.82, 2.24) is 9.78 Å². The van der Waals surface area contributed by atoms with Gasteiger partial charge in [-0.05, 0) is 38.5 Å². The molecule has 0 aliphatic heterocycles. The third-order valence-electron chi connectivity index (χ3n) is 4.51. The van der Waals surface area contributed by atoms with Crippen LogP contribution in [0.5, 0.6) is 0 Å². The van der Waals surface area contributed by atoms with Gasteiger partial charge in [0.15, 0.2) is 0 Å². The van der Waals surface area contributed by atoms with Gasteiger partial charge < -0.3 is 10.4 Å². The van der Waals surface area contributed by atoms with Crippen LogP contribution in [0.3, 0.4) is 0 Å². The van der Waals surface area contributed by atoms with E-state index in [0.29, 0.717) is 18.8 Å². The number of hydrogen-bond acceptors (Lipinski definition) is 4. The van der Waals surface area contributed by atoms with Crippen molar-refractivity contribution in [3.63, 3.8) is 0 Å². The Balaban J connectivity index is 2.00. The summed E-state index contributed by atoms with van der Waals surface area (Å²) < 4.78 is 1.31. The lowest BCUT2D eigenvalue weighted by Crippen LogP contribution is -2.41. The van der Waals surface area contributed by atoms with E-state index in [2.05, 4.69) is 17.3 Å². The Hall–Kier alpha value is -1.07. The van der Waals surface area contributed by atoms with Crippen molar-refractivity contribution in [2.75, 3.05) is 11.9 Å². The van der Waals surface area contributed by atoms with Crippen LogP contribution in [-0.4, -0.2) is 27.0 Å². The van der Waals surface area contributed by atoms with Gasteiger partial charge in [0, 0.05) is 13.1 Å². The fourth-order valence-electron chi connectivity index (χ4n) is 2.87. The molecule has 2 rings (SSSR count). The molecule has 1 saturated carbocycles. The largest absolute Gasteiger partial charge is 0.388 e. The second-order valence-corrected chi connectivity index (χ2v) is 6.30. The molecule has 1 heterocycles. The lowest BCUT2D eigenvalue weighted by atomic mass is 9.78. The van der Waals surface area contributed by atoms with E-state index < -0.39 is 5.60 Å². The van der Waals surface area contributed by atoms with Gasteiger partial charge in [0.1, 0.15) is 5.02 Å². The molecule has 0 amide bonds. The number of nitrogens with one attached hydrogen (secondary N) is 1. The zero-order valence-electron chi connectivity index (χ0n) is 12.7. The van der Waals surface area contributed by atoms with E-state index in [1.54, 1.807) is 6.20 Å². The summed E-state index contributed by atoms with van der Waals surface area (Å²) in [6.07, 6.45) is 6.41. The number of aliphatic hydroxyl groups is 1. The van der Waals surface area contributed by atoms with Gasteiger partial charge in [0.25, 0.3) is 5.56 Å². The monoisotopic (exact) mass is 313 g/mol. The smallest absolute Gasteiger partial charge is 0.287 e. The van der Waals surface area contributed by atoms with Crippen LogP contribution in [0.2, 0.25) is 5.02 Å². The molecule has 1 fully saturated rings. The summed E-state index contributed by atoms with van der Waals surface area (Å²) in [5.41, 5.74) is -0.516. The molecular formula is C15H24ClN3O2. The molecule has 1 aliphatic rings. The minimum absolute atomic E-state index is 0.137. The molecule has 0 spiro atoms. The Morgan fingerprint density at radius 2 is 2.14 bits per heavy atom. The Kier molecular flexibility index (Phi) is 5.27. The quantitative estimate of drug-likeness (QED) is 0.877. The SMILES string of the molecule is CCC1CCC(O)(CNc2cnn(CC)c(=O)c2Cl)CC1. The summed E-state index contributed by atoms with van der Waals surface area (Å²) >= 11 is 6.07. The van der Waals surface area contributed by atoms with Crippen molar-refractivity contribution in [1.29, 1.82) is 0 Å². The molecule has 0 aromatic carbocycles. The van der Waals surface area contributed by atoms with E-state index in [9.17, 15) is 9.90 Å². The molecule has 1 aromatic heterocycles. The van der Waals surface area contributed by atoms with Crippen molar-refractivity contribution in [2.24, 2.45) is 5.92 Å². The van der Waals surface area contributed by atoms with Gasteiger partial charge in [-0.1, -0.05) is 24.9 Å². The second-order valence-electron chi connectivity index (χ2n) is 5.92. The number of nitrogens with zero attached hydrogens (tertiary/aromatic N) is 2. The normalized spacial score (nSPS) is 25.8. The molecule has 2 N–H and O–H groups in total. The number of rotatable bonds is 5. The number of aromatic nitrogens is 2. The maximum absolute atomic E-state index is 11.9. The van der Waals surface area contributed by atoms with Gasteiger partial charge in [-0.2, -0.15) is 5.10 Å². The van der Waals surface area contributed by atoms with Crippen LogP contribution >= 0.6 is 11.6 Å². The van der Waals surface area contributed by atoms with Crippen molar-refractivity contribution in [3.05, 3.63) is 21.6 Å². The zero-order valence-corrected chi connectivity index (χ0v) is 13.5. The van der Waals surface area contributed by atoms with Crippen LogP contribution < -0.4 is 10.9 Å².